The van der Waals surface area contributed by atoms with Gasteiger partial charge in [0.05, 0.1) is 22.7 Å². The molecule has 190 valence electrons. The Labute approximate surface area is 238 Å². The van der Waals surface area contributed by atoms with Crippen LogP contribution in [0.5, 0.6) is 0 Å². The normalized spacial score (nSPS) is 11.4. The van der Waals surface area contributed by atoms with Crippen LogP contribution < -0.4 is 0 Å². The van der Waals surface area contributed by atoms with Gasteiger partial charge in [0.2, 0.25) is 0 Å². The van der Waals surface area contributed by atoms with E-state index in [2.05, 4.69) is 144 Å². The van der Waals surface area contributed by atoms with Crippen molar-refractivity contribution >= 4 is 43.4 Å². The molecule has 41 heavy (non-hydrogen) atoms. The van der Waals surface area contributed by atoms with Gasteiger partial charge in [-0.15, -0.1) is 0 Å². The molecule has 0 aliphatic carbocycles. The van der Waals surface area contributed by atoms with Gasteiger partial charge < -0.3 is 4.57 Å². The Kier molecular flexibility index (Phi) is 5.23. The lowest BCUT2D eigenvalue weighted by atomic mass is 9.86. The topological polar surface area (TPSA) is 28.7 Å². The number of para-hydroxylation sites is 2. The highest BCUT2D eigenvalue weighted by atomic mass is 15.0. The van der Waals surface area contributed by atoms with Crippen molar-refractivity contribution in [3.63, 3.8) is 0 Å². The standard InChI is InChI=1S/C39H24N2/c40-25-26-17-19-27(20-18-26)38-32-11-1-3-13-34(32)39(35-14-4-2-12-33(35)38)28-21-23-29(24-22-28)41-36-15-7-5-9-30(36)31-10-6-8-16-37(31)41/h1-24H. The lowest BCUT2D eigenvalue weighted by Crippen LogP contribution is -1.94. The smallest absolute Gasteiger partial charge is 0.0991 e. The number of benzene rings is 7. The molecule has 0 bridgehead atoms. The summed E-state index contributed by atoms with van der Waals surface area (Å²) >= 11 is 0. The molecule has 1 heterocycles. The third-order valence-corrected chi connectivity index (χ3v) is 8.23. The summed E-state index contributed by atoms with van der Waals surface area (Å²) in [6.07, 6.45) is 0. The van der Waals surface area contributed by atoms with E-state index in [9.17, 15) is 5.26 Å². The zero-order chi connectivity index (χ0) is 27.3. The molecule has 0 saturated carbocycles. The van der Waals surface area contributed by atoms with Crippen molar-refractivity contribution in [3.05, 3.63) is 151 Å². The van der Waals surface area contributed by atoms with Crippen LogP contribution in [0.15, 0.2) is 146 Å². The number of fused-ring (bicyclic) bond motifs is 5. The van der Waals surface area contributed by atoms with Crippen molar-refractivity contribution in [1.29, 1.82) is 5.26 Å². The first-order chi connectivity index (χ1) is 20.3. The molecule has 0 amide bonds. The van der Waals surface area contributed by atoms with Crippen LogP contribution in [0.3, 0.4) is 0 Å². The molecule has 2 heteroatoms. The molecule has 0 aliphatic heterocycles. The Morgan fingerprint density at radius 2 is 0.756 bits per heavy atom. The fourth-order valence-corrected chi connectivity index (χ4v) is 6.44. The van der Waals surface area contributed by atoms with Gasteiger partial charge in [-0.3, -0.25) is 0 Å². The molecule has 0 saturated heterocycles. The first-order valence-corrected chi connectivity index (χ1v) is 13.8. The highest BCUT2D eigenvalue weighted by Gasteiger charge is 2.17. The van der Waals surface area contributed by atoms with Gasteiger partial charge in [0, 0.05) is 16.5 Å². The van der Waals surface area contributed by atoms with Crippen LogP contribution in [0.4, 0.5) is 0 Å². The molecular weight excluding hydrogens is 496 g/mol. The molecule has 8 rings (SSSR count). The van der Waals surface area contributed by atoms with E-state index >= 15 is 0 Å². The fraction of sp³-hybridized carbons (Fsp3) is 0. The van der Waals surface area contributed by atoms with E-state index in [1.807, 2.05) is 12.1 Å². The maximum absolute atomic E-state index is 9.34. The lowest BCUT2D eigenvalue weighted by Gasteiger charge is -2.18. The summed E-state index contributed by atoms with van der Waals surface area (Å²) in [6.45, 7) is 0. The van der Waals surface area contributed by atoms with E-state index < -0.39 is 0 Å². The highest BCUT2D eigenvalue weighted by Crippen LogP contribution is 2.44. The van der Waals surface area contributed by atoms with Gasteiger partial charge in [0.1, 0.15) is 0 Å². The van der Waals surface area contributed by atoms with Crippen molar-refractivity contribution in [2.45, 2.75) is 0 Å². The molecule has 0 aliphatic rings. The lowest BCUT2D eigenvalue weighted by molar-refractivity contribution is 1.18. The number of hydrogen-bond donors (Lipinski definition) is 0. The largest absolute Gasteiger partial charge is 0.309 e. The van der Waals surface area contributed by atoms with Crippen LogP contribution in [0.1, 0.15) is 5.56 Å². The summed E-state index contributed by atoms with van der Waals surface area (Å²) in [5.74, 6) is 0. The van der Waals surface area contributed by atoms with Gasteiger partial charge in [-0.25, -0.2) is 0 Å². The molecule has 0 spiro atoms. The third kappa shape index (κ3) is 3.57. The Hall–Kier alpha value is -5.65. The second kappa shape index (κ2) is 9.23. The zero-order valence-corrected chi connectivity index (χ0v) is 22.3. The van der Waals surface area contributed by atoms with Gasteiger partial charge in [-0.05, 0) is 80.2 Å². The molecule has 8 aromatic rings. The van der Waals surface area contributed by atoms with Crippen LogP contribution in [0, 0.1) is 11.3 Å². The van der Waals surface area contributed by atoms with E-state index in [-0.39, 0.29) is 0 Å². The molecule has 0 unspecified atom stereocenters. The Balaban J connectivity index is 1.36. The van der Waals surface area contributed by atoms with Crippen LogP contribution in [0.25, 0.3) is 71.3 Å². The average Bonchev–Trinajstić information content (AvgIpc) is 3.38. The summed E-state index contributed by atoms with van der Waals surface area (Å²) in [5.41, 5.74) is 8.98. The number of nitrogens with zero attached hydrogens (tertiary/aromatic N) is 2. The highest BCUT2D eigenvalue weighted by molar-refractivity contribution is 6.21. The van der Waals surface area contributed by atoms with Crippen molar-refractivity contribution in [1.82, 2.24) is 4.57 Å². The summed E-state index contributed by atoms with van der Waals surface area (Å²) < 4.78 is 2.36. The zero-order valence-electron chi connectivity index (χ0n) is 22.3. The van der Waals surface area contributed by atoms with Crippen LogP contribution in [-0.4, -0.2) is 4.57 Å². The summed E-state index contributed by atoms with van der Waals surface area (Å²) in [6, 6.07) is 53.8. The molecule has 7 aromatic carbocycles. The number of rotatable bonds is 3. The maximum atomic E-state index is 9.34. The van der Waals surface area contributed by atoms with E-state index in [4.69, 9.17) is 0 Å². The van der Waals surface area contributed by atoms with Crippen molar-refractivity contribution < 1.29 is 0 Å². The van der Waals surface area contributed by atoms with Gasteiger partial charge in [0.15, 0.2) is 0 Å². The molecule has 0 radical (unpaired) electrons. The summed E-state index contributed by atoms with van der Waals surface area (Å²) in [5, 5.41) is 16.7. The maximum Gasteiger partial charge on any atom is 0.0991 e. The van der Waals surface area contributed by atoms with E-state index in [1.54, 1.807) is 0 Å². The van der Waals surface area contributed by atoms with E-state index in [0.717, 1.165) is 11.3 Å². The van der Waals surface area contributed by atoms with Crippen molar-refractivity contribution in [3.8, 4) is 34.0 Å². The Morgan fingerprint density at radius 1 is 0.390 bits per heavy atom. The Bertz CT molecular complexity index is 2190. The van der Waals surface area contributed by atoms with Gasteiger partial charge >= 0.3 is 0 Å². The SMILES string of the molecule is N#Cc1ccc(-c2c3ccccc3c(-c3ccc(-n4c5ccccc5c5ccccc54)cc3)c3ccccc23)cc1. The first-order valence-electron chi connectivity index (χ1n) is 13.8. The van der Waals surface area contributed by atoms with Crippen molar-refractivity contribution in [2.75, 3.05) is 0 Å². The second-order valence-electron chi connectivity index (χ2n) is 10.4. The van der Waals surface area contributed by atoms with E-state index in [1.165, 1.54) is 60.0 Å². The fourth-order valence-electron chi connectivity index (χ4n) is 6.44. The quantitative estimate of drug-likeness (QED) is 0.213. The van der Waals surface area contributed by atoms with Crippen LogP contribution in [0.2, 0.25) is 0 Å². The number of hydrogen-bond acceptors (Lipinski definition) is 1. The summed E-state index contributed by atoms with van der Waals surface area (Å²) in [7, 11) is 0. The van der Waals surface area contributed by atoms with E-state index in [0.29, 0.717) is 5.56 Å². The van der Waals surface area contributed by atoms with Crippen molar-refractivity contribution in [2.24, 2.45) is 0 Å². The molecular formula is C39H24N2. The van der Waals surface area contributed by atoms with Crippen LogP contribution in [-0.2, 0) is 0 Å². The van der Waals surface area contributed by atoms with Gasteiger partial charge in [-0.1, -0.05) is 109 Å². The third-order valence-electron chi connectivity index (χ3n) is 8.23. The van der Waals surface area contributed by atoms with Gasteiger partial charge in [-0.2, -0.15) is 5.26 Å². The summed E-state index contributed by atoms with van der Waals surface area (Å²) in [4.78, 5) is 0. The minimum atomic E-state index is 0.669. The molecule has 1 aromatic heterocycles. The molecule has 0 atom stereocenters. The minimum Gasteiger partial charge on any atom is -0.309 e. The first kappa shape index (κ1) is 23.3. The van der Waals surface area contributed by atoms with Gasteiger partial charge in [0.25, 0.3) is 0 Å². The number of nitriles is 1. The number of aromatic nitrogens is 1. The predicted molar refractivity (Wildman–Crippen MR) is 171 cm³/mol. The molecule has 0 N–H and O–H groups in total. The average molecular weight is 521 g/mol. The second-order valence-corrected chi connectivity index (χ2v) is 10.4. The molecule has 0 fully saturated rings. The monoisotopic (exact) mass is 520 g/mol. The molecule has 2 nitrogen and oxygen atoms in total. The predicted octanol–water partition coefficient (Wildman–Crippen LogP) is 10.3. The van der Waals surface area contributed by atoms with Crippen LogP contribution >= 0.6 is 0 Å². The Morgan fingerprint density at radius 3 is 1.17 bits per heavy atom. The minimum absolute atomic E-state index is 0.669.